The van der Waals surface area contributed by atoms with Crippen LogP contribution >= 0.6 is 0 Å². The minimum absolute atomic E-state index is 0.122. The van der Waals surface area contributed by atoms with Gasteiger partial charge in [0.05, 0.1) is 11.7 Å². The third-order valence-corrected chi connectivity index (χ3v) is 3.16. The zero-order valence-electron chi connectivity index (χ0n) is 10.9. The minimum Gasteiger partial charge on any atom is -0.507 e. The first-order chi connectivity index (χ1) is 9.37. The number of phenolic OH excluding ortho intramolecular Hbond substituents is 1. The molecule has 1 atom stereocenters. The molecule has 0 radical (unpaired) electrons. The van der Waals surface area contributed by atoms with Gasteiger partial charge in [0, 0.05) is 0 Å². The number of benzene rings is 1. The smallest absolute Gasteiger partial charge is 0.397 e. The predicted molar refractivity (Wildman–Crippen MR) is 73.9 cm³/mol. The molecule has 110 valence electrons. The maximum atomic E-state index is 10.9. The van der Waals surface area contributed by atoms with Gasteiger partial charge in [-0.1, -0.05) is 31.2 Å². The Morgan fingerprint density at radius 3 is 2.65 bits per heavy atom. The summed E-state index contributed by atoms with van der Waals surface area (Å²) in [6.07, 6.45) is 3.69. The predicted octanol–water partition coefficient (Wildman–Crippen LogP) is 2.21. The van der Waals surface area contributed by atoms with Crippen molar-refractivity contribution in [2.75, 3.05) is 0 Å². The summed E-state index contributed by atoms with van der Waals surface area (Å²) in [5.41, 5.74) is 0.675. The fourth-order valence-corrected chi connectivity index (χ4v) is 2.20. The normalized spacial score (nSPS) is 13.5. The van der Waals surface area contributed by atoms with Crippen molar-refractivity contribution in [3.63, 3.8) is 0 Å². The summed E-state index contributed by atoms with van der Waals surface area (Å²) in [6.45, 7) is 1.72. The van der Waals surface area contributed by atoms with Crippen LogP contribution in [-0.2, 0) is 14.6 Å². The van der Waals surface area contributed by atoms with Crippen LogP contribution in [0.25, 0.3) is 6.08 Å². The molecule has 0 saturated carbocycles. The average Bonchev–Trinajstić information content (AvgIpc) is 2.36. The van der Waals surface area contributed by atoms with Gasteiger partial charge >= 0.3 is 10.4 Å². The Labute approximate surface area is 117 Å². The van der Waals surface area contributed by atoms with E-state index < -0.39 is 16.5 Å². The number of rotatable bonds is 7. The van der Waals surface area contributed by atoms with Crippen molar-refractivity contribution >= 4 is 22.8 Å². The lowest BCUT2D eigenvalue weighted by atomic mass is 10.1. The molecule has 1 rings (SSSR count). The number of carbonyl (C=O) groups is 1. The molecule has 0 aliphatic heterocycles. The fourth-order valence-electron chi connectivity index (χ4n) is 1.64. The quantitative estimate of drug-likeness (QED) is 0.591. The molecular formula is C13H16O6S. The van der Waals surface area contributed by atoms with E-state index in [9.17, 15) is 18.3 Å². The Morgan fingerprint density at radius 2 is 2.10 bits per heavy atom. The van der Waals surface area contributed by atoms with Crippen molar-refractivity contribution in [2.45, 2.75) is 25.9 Å². The van der Waals surface area contributed by atoms with Crippen LogP contribution < -0.4 is 0 Å². The Kier molecular flexibility index (Phi) is 5.87. The largest absolute Gasteiger partial charge is 0.507 e. The van der Waals surface area contributed by atoms with Crippen molar-refractivity contribution < 1.29 is 27.1 Å². The zero-order valence-corrected chi connectivity index (χ0v) is 11.7. The SMILES string of the molecule is CCC(C/C=C/c1cccc(O)c1C=O)OS(=O)(=O)O. The van der Waals surface area contributed by atoms with Crippen LogP contribution in [0, 0.1) is 0 Å². The van der Waals surface area contributed by atoms with Gasteiger partial charge in [0.2, 0.25) is 0 Å². The molecular weight excluding hydrogens is 284 g/mol. The highest BCUT2D eigenvalue weighted by Gasteiger charge is 2.13. The molecule has 0 amide bonds. The van der Waals surface area contributed by atoms with Crippen molar-refractivity contribution in [1.29, 1.82) is 0 Å². The first-order valence-electron chi connectivity index (χ1n) is 5.96. The molecule has 0 spiro atoms. The standard InChI is InChI=1S/C13H16O6S/c1-2-11(19-20(16,17)18)7-3-5-10-6-4-8-13(15)12(10)9-14/h3-6,8-9,11,15H,2,7H2,1H3,(H,16,17,18)/b5-3+. The highest BCUT2D eigenvalue weighted by molar-refractivity contribution is 7.80. The van der Waals surface area contributed by atoms with E-state index in [1.165, 1.54) is 6.07 Å². The minimum atomic E-state index is -4.48. The lowest BCUT2D eigenvalue weighted by Crippen LogP contribution is -2.16. The Morgan fingerprint density at radius 1 is 1.40 bits per heavy atom. The molecule has 1 aromatic carbocycles. The Hall–Kier alpha value is -1.70. The number of phenols is 1. The van der Waals surface area contributed by atoms with Crippen molar-refractivity contribution in [2.24, 2.45) is 0 Å². The molecule has 0 saturated heterocycles. The van der Waals surface area contributed by atoms with Crippen LogP contribution in [0.2, 0.25) is 0 Å². The van der Waals surface area contributed by atoms with E-state index in [1.54, 1.807) is 31.2 Å². The van der Waals surface area contributed by atoms with Crippen molar-refractivity contribution in [1.82, 2.24) is 0 Å². The van der Waals surface area contributed by atoms with Gasteiger partial charge in [-0.3, -0.25) is 9.35 Å². The molecule has 7 heteroatoms. The molecule has 6 nitrogen and oxygen atoms in total. The van der Waals surface area contributed by atoms with Crippen LogP contribution in [-0.4, -0.2) is 30.5 Å². The third-order valence-electron chi connectivity index (χ3n) is 2.64. The Balaban J connectivity index is 2.78. The molecule has 20 heavy (non-hydrogen) atoms. The summed E-state index contributed by atoms with van der Waals surface area (Å²) in [4.78, 5) is 10.9. The summed E-state index contributed by atoms with van der Waals surface area (Å²) < 4.78 is 34.3. The van der Waals surface area contributed by atoms with Gasteiger partial charge in [0.25, 0.3) is 0 Å². The molecule has 0 bridgehead atoms. The van der Waals surface area contributed by atoms with Crippen LogP contribution in [0.4, 0.5) is 0 Å². The highest BCUT2D eigenvalue weighted by Crippen LogP contribution is 2.20. The maximum absolute atomic E-state index is 10.9. The van der Waals surface area contributed by atoms with Gasteiger partial charge in [-0.2, -0.15) is 8.42 Å². The second-order valence-corrected chi connectivity index (χ2v) is 5.14. The average molecular weight is 300 g/mol. The van der Waals surface area contributed by atoms with Crippen LogP contribution in [0.3, 0.4) is 0 Å². The second kappa shape index (κ2) is 7.18. The summed E-state index contributed by atoms with van der Waals surface area (Å²) in [5.74, 6) is -0.122. The van der Waals surface area contributed by atoms with Gasteiger partial charge in [-0.05, 0) is 24.5 Å². The van der Waals surface area contributed by atoms with E-state index in [1.807, 2.05) is 0 Å². The summed E-state index contributed by atoms with van der Waals surface area (Å²) >= 11 is 0. The second-order valence-electron chi connectivity index (χ2n) is 4.09. The molecule has 0 aliphatic carbocycles. The van der Waals surface area contributed by atoms with Crippen molar-refractivity contribution in [3.05, 3.63) is 35.4 Å². The first kappa shape index (κ1) is 16.4. The lowest BCUT2D eigenvalue weighted by Gasteiger charge is -2.10. The lowest BCUT2D eigenvalue weighted by molar-refractivity contribution is 0.112. The zero-order chi connectivity index (χ0) is 15.2. The molecule has 0 heterocycles. The number of carbonyl (C=O) groups excluding carboxylic acids is 1. The van der Waals surface area contributed by atoms with E-state index >= 15 is 0 Å². The number of hydrogen-bond donors (Lipinski definition) is 2. The van der Waals surface area contributed by atoms with E-state index in [0.29, 0.717) is 18.3 Å². The van der Waals surface area contributed by atoms with E-state index in [0.717, 1.165) is 0 Å². The van der Waals surface area contributed by atoms with Gasteiger partial charge in [0.1, 0.15) is 5.75 Å². The molecule has 0 fully saturated rings. The summed E-state index contributed by atoms with van der Waals surface area (Å²) in [7, 11) is -4.48. The molecule has 1 unspecified atom stereocenters. The maximum Gasteiger partial charge on any atom is 0.397 e. The summed E-state index contributed by atoms with van der Waals surface area (Å²) in [5, 5.41) is 9.50. The van der Waals surface area contributed by atoms with Crippen LogP contribution in [0.1, 0.15) is 35.7 Å². The Bertz CT molecular complexity index is 591. The third kappa shape index (κ3) is 5.12. The fraction of sp³-hybridized carbons (Fsp3) is 0.308. The van der Waals surface area contributed by atoms with Gasteiger partial charge in [0.15, 0.2) is 6.29 Å². The van der Waals surface area contributed by atoms with Gasteiger partial charge in [-0.25, -0.2) is 4.18 Å². The number of hydrogen-bond acceptors (Lipinski definition) is 5. The number of aromatic hydroxyl groups is 1. The highest BCUT2D eigenvalue weighted by atomic mass is 32.3. The van der Waals surface area contributed by atoms with E-state index in [4.69, 9.17) is 4.55 Å². The molecule has 1 aromatic rings. The molecule has 2 N–H and O–H groups in total. The topological polar surface area (TPSA) is 101 Å². The van der Waals surface area contributed by atoms with E-state index in [-0.39, 0.29) is 17.7 Å². The van der Waals surface area contributed by atoms with Crippen LogP contribution in [0.15, 0.2) is 24.3 Å². The molecule has 0 aliphatic rings. The summed E-state index contributed by atoms with van der Waals surface area (Å²) in [6, 6.07) is 4.63. The van der Waals surface area contributed by atoms with Gasteiger partial charge < -0.3 is 5.11 Å². The van der Waals surface area contributed by atoms with E-state index in [2.05, 4.69) is 4.18 Å². The molecule has 0 aromatic heterocycles. The monoisotopic (exact) mass is 300 g/mol. The van der Waals surface area contributed by atoms with Crippen LogP contribution in [0.5, 0.6) is 5.75 Å². The van der Waals surface area contributed by atoms with Gasteiger partial charge in [-0.15, -0.1) is 0 Å². The number of aldehydes is 1. The first-order valence-corrected chi connectivity index (χ1v) is 7.33. The van der Waals surface area contributed by atoms with Crippen molar-refractivity contribution in [3.8, 4) is 5.75 Å².